The molecular formula is C18H15BrN4O2. The zero-order chi connectivity index (χ0) is 17.2. The van der Waals surface area contributed by atoms with Gasteiger partial charge in [0.15, 0.2) is 11.2 Å². The van der Waals surface area contributed by atoms with E-state index in [-0.39, 0.29) is 5.91 Å². The summed E-state index contributed by atoms with van der Waals surface area (Å²) in [5.41, 5.74) is 2.78. The SMILES string of the molecule is Cc1nc2cnc(Br)cn2c1CN1C(=O)C2(CC2)Oc2ccccc21. The van der Waals surface area contributed by atoms with Crippen molar-refractivity contribution < 1.29 is 9.53 Å². The standard InChI is InChI=1S/C18H15BrN4O2/c1-11-13(22-10-15(19)20-8-16(22)21-11)9-23-12-4-2-3-5-14(12)25-18(6-7-18)17(23)24/h2-5,8,10H,6-7,9H2,1H3. The molecule has 1 saturated carbocycles. The lowest BCUT2D eigenvalue weighted by molar-refractivity contribution is -0.128. The smallest absolute Gasteiger partial charge is 0.271 e. The van der Waals surface area contributed by atoms with Crippen molar-refractivity contribution in [3.63, 3.8) is 0 Å². The Bertz CT molecular complexity index is 1030. The van der Waals surface area contributed by atoms with Crippen LogP contribution in [0.4, 0.5) is 5.69 Å². The molecule has 1 fully saturated rings. The van der Waals surface area contributed by atoms with E-state index in [1.165, 1.54) is 0 Å². The van der Waals surface area contributed by atoms with Gasteiger partial charge in [-0.05, 0) is 35.0 Å². The number of aromatic nitrogens is 3. The molecule has 0 bridgehead atoms. The first-order valence-corrected chi connectivity index (χ1v) is 8.96. The highest BCUT2D eigenvalue weighted by Crippen LogP contribution is 2.49. The largest absolute Gasteiger partial charge is 0.475 e. The Kier molecular flexibility index (Phi) is 3.01. The first-order chi connectivity index (χ1) is 12.1. The normalized spacial score (nSPS) is 17.7. The minimum Gasteiger partial charge on any atom is -0.475 e. The number of benzene rings is 1. The van der Waals surface area contributed by atoms with Crippen LogP contribution in [-0.4, -0.2) is 25.9 Å². The number of ether oxygens (including phenoxy) is 1. The summed E-state index contributed by atoms with van der Waals surface area (Å²) in [6.07, 6.45) is 5.16. The lowest BCUT2D eigenvalue weighted by Crippen LogP contribution is -2.47. The van der Waals surface area contributed by atoms with Crippen LogP contribution in [0.1, 0.15) is 24.2 Å². The molecule has 5 rings (SSSR count). The minimum atomic E-state index is -0.662. The van der Waals surface area contributed by atoms with Gasteiger partial charge in [0, 0.05) is 19.0 Å². The van der Waals surface area contributed by atoms with Crippen molar-refractivity contribution in [2.45, 2.75) is 31.9 Å². The first-order valence-electron chi connectivity index (χ1n) is 8.16. The van der Waals surface area contributed by atoms with E-state index in [0.717, 1.165) is 45.9 Å². The maximum Gasteiger partial charge on any atom is 0.271 e. The molecule has 126 valence electrons. The van der Waals surface area contributed by atoms with Crippen molar-refractivity contribution in [3.8, 4) is 5.75 Å². The van der Waals surface area contributed by atoms with Crippen LogP contribution in [-0.2, 0) is 11.3 Å². The number of imidazole rings is 1. The van der Waals surface area contributed by atoms with Gasteiger partial charge in [-0.1, -0.05) is 12.1 Å². The maximum absolute atomic E-state index is 13.1. The van der Waals surface area contributed by atoms with Crippen LogP contribution in [0.25, 0.3) is 5.65 Å². The highest BCUT2D eigenvalue weighted by molar-refractivity contribution is 9.10. The Morgan fingerprint density at radius 2 is 2.12 bits per heavy atom. The summed E-state index contributed by atoms with van der Waals surface area (Å²) in [7, 11) is 0. The molecule has 1 aliphatic carbocycles. The molecule has 2 aromatic heterocycles. The van der Waals surface area contributed by atoms with Gasteiger partial charge in [-0.2, -0.15) is 0 Å². The molecule has 25 heavy (non-hydrogen) atoms. The molecule has 0 unspecified atom stereocenters. The molecule has 1 amide bonds. The van der Waals surface area contributed by atoms with Crippen LogP contribution in [0, 0.1) is 6.92 Å². The number of anilines is 1. The highest BCUT2D eigenvalue weighted by atomic mass is 79.9. The number of carbonyl (C=O) groups is 1. The van der Waals surface area contributed by atoms with Gasteiger partial charge < -0.3 is 4.74 Å². The third-order valence-corrected chi connectivity index (χ3v) is 5.29. The third-order valence-electron chi connectivity index (χ3n) is 4.88. The summed E-state index contributed by atoms with van der Waals surface area (Å²) in [6, 6.07) is 7.72. The second-order valence-electron chi connectivity index (χ2n) is 6.54. The molecule has 0 radical (unpaired) electrons. The van der Waals surface area contributed by atoms with Crippen LogP contribution < -0.4 is 9.64 Å². The number of rotatable bonds is 2. The Labute approximate surface area is 152 Å². The first kappa shape index (κ1) is 14.9. The van der Waals surface area contributed by atoms with Crippen LogP contribution in [0.15, 0.2) is 41.3 Å². The fraction of sp³-hybridized carbons (Fsp3) is 0.278. The van der Waals surface area contributed by atoms with Gasteiger partial charge in [0.1, 0.15) is 10.4 Å². The summed E-state index contributed by atoms with van der Waals surface area (Å²) in [6.45, 7) is 2.41. The summed E-state index contributed by atoms with van der Waals surface area (Å²) >= 11 is 3.41. The molecule has 3 heterocycles. The highest BCUT2D eigenvalue weighted by Gasteiger charge is 2.57. The zero-order valence-corrected chi connectivity index (χ0v) is 15.2. The Morgan fingerprint density at radius 1 is 1.32 bits per heavy atom. The molecule has 7 heteroatoms. The number of aryl methyl sites for hydroxylation is 1. The van der Waals surface area contributed by atoms with Crippen LogP contribution >= 0.6 is 15.9 Å². The van der Waals surface area contributed by atoms with E-state index < -0.39 is 5.60 Å². The molecule has 0 saturated heterocycles. The van der Waals surface area contributed by atoms with E-state index >= 15 is 0 Å². The topological polar surface area (TPSA) is 59.7 Å². The molecular weight excluding hydrogens is 384 g/mol. The van der Waals surface area contributed by atoms with Crippen LogP contribution in [0.2, 0.25) is 0 Å². The van der Waals surface area contributed by atoms with Crippen molar-refractivity contribution >= 4 is 33.2 Å². The van der Waals surface area contributed by atoms with Crippen molar-refractivity contribution in [1.29, 1.82) is 0 Å². The summed E-state index contributed by atoms with van der Waals surface area (Å²) in [4.78, 5) is 23.7. The number of para-hydroxylation sites is 2. The average molecular weight is 399 g/mol. The van der Waals surface area contributed by atoms with Crippen molar-refractivity contribution in [3.05, 3.63) is 52.7 Å². The fourth-order valence-electron chi connectivity index (χ4n) is 3.40. The molecule has 3 aromatic rings. The molecule has 1 aromatic carbocycles. The molecule has 1 spiro atoms. The number of halogens is 1. The zero-order valence-electron chi connectivity index (χ0n) is 13.6. The summed E-state index contributed by atoms with van der Waals surface area (Å²) in [5, 5.41) is 0. The summed E-state index contributed by atoms with van der Waals surface area (Å²) < 4.78 is 8.71. The monoisotopic (exact) mass is 398 g/mol. The van der Waals surface area contributed by atoms with E-state index in [1.807, 2.05) is 46.7 Å². The number of carbonyl (C=O) groups excluding carboxylic acids is 1. The number of amides is 1. The molecule has 6 nitrogen and oxygen atoms in total. The van der Waals surface area contributed by atoms with E-state index in [2.05, 4.69) is 25.9 Å². The Morgan fingerprint density at radius 3 is 2.92 bits per heavy atom. The lowest BCUT2D eigenvalue weighted by atomic mass is 10.1. The quantitative estimate of drug-likeness (QED) is 0.664. The van der Waals surface area contributed by atoms with Crippen molar-refractivity contribution in [2.24, 2.45) is 0 Å². The van der Waals surface area contributed by atoms with E-state index in [0.29, 0.717) is 6.54 Å². The second-order valence-corrected chi connectivity index (χ2v) is 7.35. The number of nitrogens with zero attached hydrogens (tertiary/aromatic N) is 4. The van der Waals surface area contributed by atoms with Crippen LogP contribution in [0.5, 0.6) is 5.75 Å². The van der Waals surface area contributed by atoms with Gasteiger partial charge in [-0.3, -0.25) is 14.1 Å². The van der Waals surface area contributed by atoms with Gasteiger partial charge in [0.25, 0.3) is 5.91 Å². The van der Waals surface area contributed by atoms with Gasteiger partial charge >= 0.3 is 0 Å². The van der Waals surface area contributed by atoms with Gasteiger partial charge in [0.2, 0.25) is 0 Å². The van der Waals surface area contributed by atoms with Crippen molar-refractivity contribution in [1.82, 2.24) is 14.4 Å². The Hall–Kier alpha value is -2.41. The number of hydrogen-bond donors (Lipinski definition) is 0. The van der Waals surface area contributed by atoms with E-state index in [1.54, 1.807) is 6.20 Å². The number of hydrogen-bond acceptors (Lipinski definition) is 4. The summed E-state index contributed by atoms with van der Waals surface area (Å²) in [5.74, 6) is 0.808. The average Bonchev–Trinajstić information content (AvgIpc) is 3.31. The van der Waals surface area contributed by atoms with E-state index in [9.17, 15) is 4.79 Å². The predicted octanol–water partition coefficient (Wildman–Crippen LogP) is 3.26. The maximum atomic E-state index is 13.1. The molecule has 1 aliphatic heterocycles. The Balaban J connectivity index is 1.63. The second kappa shape index (κ2) is 5.05. The fourth-order valence-corrected chi connectivity index (χ4v) is 3.71. The van der Waals surface area contributed by atoms with Gasteiger partial charge in [0.05, 0.1) is 29.8 Å². The predicted molar refractivity (Wildman–Crippen MR) is 95.6 cm³/mol. The molecule has 0 atom stereocenters. The number of fused-ring (bicyclic) bond motifs is 2. The van der Waals surface area contributed by atoms with Gasteiger partial charge in [-0.25, -0.2) is 9.97 Å². The van der Waals surface area contributed by atoms with Gasteiger partial charge in [-0.15, -0.1) is 0 Å². The van der Waals surface area contributed by atoms with E-state index in [4.69, 9.17) is 4.74 Å². The third kappa shape index (κ3) is 2.18. The molecule has 0 N–H and O–H groups in total. The molecule has 2 aliphatic rings. The minimum absolute atomic E-state index is 0.0358. The van der Waals surface area contributed by atoms with Crippen molar-refractivity contribution in [2.75, 3.05) is 4.90 Å². The van der Waals surface area contributed by atoms with Crippen LogP contribution in [0.3, 0.4) is 0 Å². The lowest BCUT2D eigenvalue weighted by Gasteiger charge is -2.34.